The van der Waals surface area contributed by atoms with Crippen molar-refractivity contribution in [2.75, 3.05) is 5.43 Å². The van der Waals surface area contributed by atoms with Gasteiger partial charge in [0.2, 0.25) is 5.16 Å². The quantitative estimate of drug-likeness (QED) is 0.574. The van der Waals surface area contributed by atoms with Gasteiger partial charge in [-0.1, -0.05) is 35.5 Å². The second-order valence-electron chi connectivity index (χ2n) is 6.67. The molecule has 0 spiro atoms. The molecular formula is C20H15ClF2N4O3S. The third-order valence-corrected chi connectivity index (χ3v) is 6.11. The van der Waals surface area contributed by atoms with Crippen molar-refractivity contribution < 1.29 is 18.3 Å². The Morgan fingerprint density at radius 3 is 2.48 bits per heavy atom. The maximum Gasteiger partial charge on any atom is 0.387 e. The highest BCUT2D eigenvalue weighted by Crippen LogP contribution is 2.37. The monoisotopic (exact) mass is 464 g/mol. The van der Waals surface area contributed by atoms with Crippen LogP contribution in [0.15, 0.2) is 58.5 Å². The zero-order valence-corrected chi connectivity index (χ0v) is 17.5. The zero-order valence-electron chi connectivity index (χ0n) is 16.0. The Morgan fingerprint density at radius 1 is 1.16 bits per heavy atom. The number of benzene rings is 2. The highest BCUT2D eigenvalue weighted by atomic mass is 35.5. The van der Waals surface area contributed by atoms with E-state index in [-0.39, 0.29) is 27.9 Å². The second-order valence-corrected chi connectivity index (χ2v) is 8.22. The number of hydrogen-bond acceptors (Lipinski definition) is 7. The molecule has 0 amide bonds. The van der Waals surface area contributed by atoms with E-state index in [1.807, 2.05) is 0 Å². The van der Waals surface area contributed by atoms with E-state index < -0.39 is 17.9 Å². The van der Waals surface area contributed by atoms with Crippen LogP contribution in [0.1, 0.15) is 27.7 Å². The Labute approximate surface area is 184 Å². The fraction of sp³-hybridized carbons (Fsp3) is 0.200. The number of aryl methyl sites for hydroxylation is 1. The summed E-state index contributed by atoms with van der Waals surface area (Å²) in [6.07, 6.45) is 0. The molecule has 2 atom stereocenters. The molecule has 0 aliphatic carbocycles. The number of hydrogen-bond donors (Lipinski definition) is 1. The molecule has 4 rings (SSSR count). The van der Waals surface area contributed by atoms with Crippen LogP contribution in [0.3, 0.4) is 0 Å². The maximum absolute atomic E-state index is 13.3. The van der Waals surface area contributed by atoms with Gasteiger partial charge in [-0.15, -0.1) is 10.2 Å². The van der Waals surface area contributed by atoms with Gasteiger partial charge in [0.15, 0.2) is 5.78 Å². The molecule has 0 saturated carbocycles. The zero-order chi connectivity index (χ0) is 22.1. The number of carbonyl (C=O) groups excluding carboxylic acids is 1. The fourth-order valence-electron chi connectivity index (χ4n) is 3.12. The number of alkyl halides is 2. The number of ether oxygens (including phenoxy) is 1. The molecule has 2 heterocycles. The Hall–Kier alpha value is -2.98. The smallest absolute Gasteiger partial charge is 0.387 e. The van der Waals surface area contributed by atoms with Crippen molar-refractivity contribution in [1.29, 1.82) is 0 Å². The average molecular weight is 465 g/mol. The number of aromatic nitrogens is 3. The van der Waals surface area contributed by atoms with Crippen molar-refractivity contribution in [3.63, 3.8) is 0 Å². The van der Waals surface area contributed by atoms with Gasteiger partial charge in [-0.25, -0.2) is 0 Å². The number of fused-ring (bicyclic) bond motifs is 1. The van der Waals surface area contributed by atoms with Crippen molar-refractivity contribution in [3.05, 3.63) is 80.7 Å². The molecular weight excluding hydrogens is 450 g/mol. The molecule has 3 aromatic rings. The van der Waals surface area contributed by atoms with Crippen LogP contribution in [0.4, 0.5) is 8.78 Å². The van der Waals surface area contributed by atoms with Gasteiger partial charge in [-0.05, 0) is 48.9 Å². The predicted molar refractivity (Wildman–Crippen MR) is 112 cm³/mol. The van der Waals surface area contributed by atoms with E-state index in [4.69, 9.17) is 11.6 Å². The first kappa shape index (κ1) is 21.3. The Bertz CT molecular complexity index is 1170. The van der Waals surface area contributed by atoms with Gasteiger partial charge in [-0.3, -0.25) is 9.59 Å². The van der Waals surface area contributed by atoms with E-state index in [9.17, 15) is 18.4 Å². The summed E-state index contributed by atoms with van der Waals surface area (Å²) < 4.78 is 30.4. The summed E-state index contributed by atoms with van der Waals surface area (Å²) >= 11 is 7.09. The fourth-order valence-corrected chi connectivity index (χ4v) is 4.40. The molecule has 0 saturated heterocycles. The first-order chi connectivity index (χ1) is 14.8. The lowest BCUT2D eigenvalue weighted by Crippen LogP contribution is -2.45. The number of rotatable bonds is 5. The van der Waals surface area contributed by atoms with E-state index in [0.29, 0.717) is 10.6 Å². The van der Waals surface area contributed by atoms with Crippen LogP contribution < -0.4 is 15.7 Å². The lowest BCUT2D eigenvalue weighted by molar-refractivity contribution is -0.0498. The minimum Gasteiger partial charge on any atom is -0.435 e. The predicted octanol–water partition coefficient (Wildman–Crippen LogP) is 3.84. The van der Waals surface area contributed by atoms with E-state index in [1.165, 1.54) is 28.9 Å². The minimum atomic E-state index is -2.95. The first-order valence-electron chi connectivity index (χ1n) is 9.07. The van der Waals surface area contributed by atoms with E-state index >= 15 is 0 Å². The molecule has 1 aromatic heterocycles. The maximum atomic E-state index is 13.3. The molecule has 0 unspecified atom stereocenters. The summed E-state index contributed by atoms with van der Waals surface area (Å²) in [5, 5.41) is 7.95. The van der Waals surface area contributed by atoms with E-state index in [2.05, 4.69) is 20.4 Å². The van der Waals surface area contributed by atoms with Crippen LogP contribution in [0.2, 0.25) is 5.02 Å². The van der Waals surface area contributed by atoms with Gasteiger partial charge in [0.1, 0.15) is 16.7 Å². The van der Waals surface area contributed by atoms with Crippen LogP contribution >= 0.6 is 23.4 Å². The van der Waals surface area contributed by atoms with E-state index in [0.717, 1.165) is 17.3 Å². The van der Waals surface area contributed by atoms with Crippen LogP contribution in [-0.2, 0) is 0 Å². The number of ketones is 1. The summed E-state index contributed by atoms with van der Waals surface area (Å²) in [6, 6.07) is 11.8. The second kappa shape index (κ2) is 8.64. The SMILES string of the molecule is Cc1nnc2n(c1=O)N[C@H](c1ccc(Cl)cc1)[C@H](C(=O)c1ccc(OC(F)F)cc1)S2. The molecule has 31 heavy (non-hydrogen) atoms. The van der Waals surface area contributed by atoms with Crippen molar-refractivity contribution in [2.24, 2.45) is 0 Å². The molecule has 7 nitrogen and oxygen atoms in total. The lowest BCUT2D eigenvalue weighted by atomic mass is 9.97. The van der Waals surface area contributed by atoms with Gasteiger partial charge in [0.05, 0.1) is 6.04 Å². The molecule has 1 aliphatic heterocycles. The van der Waals surface area contributed by atoms with Gasteiger partial charge in [-0.2, -0.15) is 13.5 Å². The van der Waals surface area contributed by atoms with Gasteiger partial charge in [0.25, 0.3) is 5.56 Å². The number of nitrogens with one attached hydrogen (secondary N) is 1. The van der Waals surface area contributed by atoms with Crippen molar-refractivity contribution >= 4 is 29.1 Å². The molecule has 160 valence electrons. The lowest BCUT2D eigenvalue weighted by Gasteiger charge is -2.33. The Kier molecular flexibility index (Phi) is 5.92. The Morgan fingerprint density at radius 2 is 1.84 bits per heavy atom. The van der Waals surface area contributed by atoms with Crippen LogP contribution in [0.25, 0.3) is 0 Å². The van der Waals surface area contributed by atoms with Crippen molar-refractivity contribution in [2.45, 2.75) is 30.0 Å². The highest BCUT2D eigenvalue weighted by molar-refractivity contribution is 8.00. The minimum absolute atomic E-state index is 0.0477. The summed E-state index contributed by atoms with van der Waals surface area (Å²) in [7, 11) is 0. The number of nitrogens with zero attached hydrogens (tertiary/aromatic N) is 3. The average Bonchev–Trinajstić information content (AvgIpc) is 2.76. The first-order valence-corrected chi connectivity index (χ1v) is 10.3. The number of halogens is 3. The molecule has 0 radical (unpaired) electrons. The van der Waals surface area contributed by atoms with Crippen molar-refractivity contribution in [1.82, 2.24) is 14.9 Å². The largest absolute Gasteiger partial charge is 0.435 e. The van der Waals surface area contributed by atoms with Gasteiger partial charge < -0.3 is 10.2 Å². The third-order valence-electron chi connectivity index (χ3n) is 4.64. The van der Waals surface area contributed by atoms with Crippen LogP contribution in [0.5, 0.6) is 5.75 Å². The molecule has 1 aliphatic rings. The summed E-state index contributed by atoms with van der Waals surface area (Å²) in [4.78, 5) is 25.9. The molecule has 11 heteroatoms. The van der Waals surface area contributed by atoms with Crippen LogP contribution in [-0.4, -0.2) is 32.5 Å². The number of Topliss-reactive ketones (excluding diaryl/α,β-unsaturated/α-hetero) is 1. The summed E-state index contributed by atoms with van der Waals surface area (Å²) in [5.41, 5.74) is 3.96. The third kappa shape index (κ3) is 4.40. The molecule has 0 bridgehead atoms. The van der Waals surface area contributed by atoms with Gasteiger partial charge in [0, 0.05) is 10.6 Å². The van der Waals surface area contributed by atoms with E-state index in [1.54, 1.807) is 31.2 Å². The molecule has 2 aromatic carbocycles. The normalized spacial score (nSPS) is 17.7. The topological polar surface area (TPSA) is 86.1 Å². The summed E-state index contributed by atoms with van der Waals surface area (Å²) in [6.45, 7) is -1.40. The standard InChI is InChI=1S/C20H15ClF2N4O3S/c1-10-18(29)27-20(25-24-10)31-17(15(26-27)11-2-6-13(21)7-3-11)16(28)12-4-8-14(9-5-12)30-19(22)23/h2-9,15,17,19,26H,1H3/t15-,17-/m1/s1. The van der Waals surface area contributed by atoms with Crippen LogP contribution in [0, 0.1) is 6.92 Å². The number of thioether (sulfide) groups is 1. The Balaban J connectivity index is 1.72. The summed E-state index contributed by atoms with van der Waals surface area (Å²) in [5.74, 6) is -0.324. The highest BCUT2D eigenvalue weighted by Gasteiger charge is 2.37. The molecule has 0 fully saturated rings. The van der Waals surface area contributed by atoms with Crippen molar-refractivity contribution in [3.8, 4) is 5.75 Å². The molecule has 1 N–H and O–H groups in total. The number of carbonyl (C=O) groups is 1. The van der Waals surface area contributed by atoms with Gasteiger partial charge >= 0.3 is 6.61 Å².